The fourth-order valence-electron chi connectivity index (χ4n) is 1.13. The molecular formula is C9H18O. The lowest BCUT2D eigenvalue weighted by molar-refractivity contribution is 0.146. The number of aliphatic hydroxyl groups is 1. The Hall–Kier alpha value is -0.300. The van der Waals surface area contributed by atoms with Crippen LogP contribution in [0.2, 0.25) is 0 Å². The molecule has 1 heteroatoms. The molecule has 0 heterocycles. The molecule has 1 atom stereocenters. The van der Waals surface area contributed by atoms with Crippen molar-refractivity contribution in [3.8, 4) is 0 Å². The zero-order chi connectivity index (χ0) is 7.98. The normalized spacial score (nSPS) is 14.9. The monoisotopic (exact) mass is 142 g/mol. The summed E-state index contributed by atoms with van der Waals surface area (Å²) in [5.74, 6) is 0.441. The minimum atomic E-state index is -0.236. The standard InChI is InChI=1S/C9H18O/c1-4-7-9(10)8(5-2)6-3/h4,7-10H,5-6H2,1-3H3/b7-4+. The molecule has 0 saturated carbocycles. The minimum absolute atomic E-state index is 0.236. The molecule has 0 aromatic rings. The first kappa shape index (κ1) is 9.70. The Morgan fingerprint density at radius 3 is 2.10 bits per heavy atom. The fraction of sp³-hybridized carbons (Fsp3) is 0.778. The van der Waals surface area contributed by atoms with E-state index in [2.05, 4.69) is 13.8 Å². The van der Waals surface area contributed by atoms with Crippen molar-refractivity contribution in [1.82, 2.24) is 0 Å². The lowest BCUT2D eigenvalue weighted by atomic mass is 9.96. The molecule has 0 saturated heterocycles. The van der Waals surface area contributed by atoms with Crippen molar-refractivity contribution in [1.29, 1.82) is 0 Å². The number of hydrogen-bond donors (Lipinski definition) is 1. The summed E-state index contributed by atoms with van der Waals surface area (Å²) in [6, 6.07) is 0. The van der Waals surface area contributed by atoms with Gasteiger partial charge in [-0.05, 0) is 12.8 Å². The maximum atomic E-state index is 9.42. The molecule has 0 aliphatic rings. The van der Waals surface area contributed by atoms with E-state index in [0.29, 0.717) is 5.92 Å². The average Bonchev–Trinajstić information content (AvgIpc) is 1.91. The van der Waals surface area contributed by atoms with Crippen LogP contribution in [0.4, 0.5) is 0 Å². The summed E-state index contributed by atoms with van der Waals surface area (Å²) in [5, 5.41) is 9.42. The van der Waals surface area contributed by atoms with Crippen molar-refractivity contribution in [2.45, 2.75) is 39.7 Å². The summed E-state index contributed by atoms with van der Waals surface area (Å²) >= 11 is 0. The van der Waals surface area contributed by atoms with Crippen molar-refractivity contribution in [3.63, 3.8) is 0 Å². The predicted molar refractivity (Wildman–Crippen MR) is 44.9 cm³/mol. The molecule has 0 aliphatic heterocycles. The second kappa shape index (κ2) is 5.48. The first-order valence-electron chi connectivity index (χ1n) is 4.07. The Balaban J connectivity index is 3.75. The highest BCUT2D eigenvalue weighted by Gasteiger charge is 2.10. The van der Waals surface area contributed by atoms with Gasteiger partial charge in [-0.1, -0.05) is 38.8 Å². The summed E-state index contributed by atoms with van der Waals surface area (Å²) in [6.07, 6.45) is 5.64. The van der Waals surface area contributed by atoms with Gasteiger partial charge in [-0.2, -0.15) is 0 Å². The SMILES string of the molecule is C/C=C/C(O)C(CC)CC. The molecule has 0 spiro atoms. The van der Waals surface area contributed by atoms with E-state index in [1.54, 1.807) is 0 Å². The molecule has 10 heavy (non-hydrogen) atoms. The zero-order valence-electron chi connectivity index (χ0n) is 7.17. The average molecular weight is 142 g/mol. The van der Waals surface area contributed by atoms with Gasteiger partial charge in [-0.25, -0.2) is 0 Å². The molecular weight excluding hydrogens is 124 g/mol. The Kier molecular flexibility index (Phi) is 5.32. The van der Waals surface area contributed by atoms with Crippen LogP contribution in [0.5, 0.6) is 0 Å². The second-order valence-electron chi connectivity index (χ2n) is 2.59. The first-order valence-corrected chi connectivity index (χ1v) is 4.07. The summed E-state index contributed by atoms with van der Waals surface area (Å²) in [7, 11) is 0. The summed E-state index contributed by atoms with van der Waals surface area (Å²) in [6.45, 7) is 6.16. The molecule has 0 amide bonds. The van der Waals surface area contributed by atoms with Crippen LogP contribution < -0.4 is 0 Å². The zero-order valence-corrected chi connectivity index (χ0v) is 7.17. The van der Waals surface area contributed by atoms with Gasteiger partial charge in [0.05, 0.1) is 6.10 Å². The van der Waals surface area contributed by atoms with Crippen LogP contribution in [-0.2, 0) is 0 Å². The van der Waals surface area contributed by atoms with Gasteiger partial charge in [0.15, 0.2) is 0 Å². The molecule has 0 radical (unpaired) electrons. The Bertz CT molecular complexity index is 92.9. The maximum absolute atomic E-state index is 9.42. The number of allylic oxidation sites excluding steroid dienone is 1. The summed E-state index contributed by atoms with van der Waals surface area (Å²) in [4.78, 5) is 0. The molecule has 1 N–H and O–H groups in total. The third kappa shape index (κ3) is 3.02. The van der Waals surface area contributed by atoms with Gasteiger partial charge < -0.3 is 5.11 Å². The molecule has 0 bridgehead atoms. The number of hydrogen-bond acceptors (Lipinski definition) is 1. The van der Waals surface area contributed by atoms with E-state index in [0.717, 1.165) is 12.8 Å². The van der Waals surface area contributed by atoms with E-state index < -0.39 is 0 Å². The van der Waals surface area contributed by atoms with E-state index >= 15 is 0 Å². The van der Waals surface area contributed by atoms with E-state index in [4.69, 9.17) is 0 Å². The van der Waals surface area contributed by atoms with E-state index in [1.165, 1.54) is 0 Å². The largest absolute Gasteiger partial charge is 0.389 e. The van der Waals surface area contributed by atoms with Gasteiger partial charge in [-0.3, -0.25) is 0 Å². The van der Waals surface area contributed by atoms with Crippen LogP contribution in [-0.4, -0.2) is 11.2 Å². The van der Waals surface area contributed by atoms with Gasteiger partial charge in [-0.15, -0.1) is 0 Å². The lowest BCUT2D eigenvalue weighted by Gasteiger charge is -2.15. The van der Waals surface area contributed by atoms with Crippen molar-refractivity contribution in [2.75, 3.05) is 0 Å². The molecule has 0 rings (SSSR count). The smallest absolute Gasteiger partial charge is 0.0748 e. The van der Waals surface area contributed by atoms with Crippen LogP contribution >= 0.6 is 0 Å². The molecule has 1 nitrogen and oxygen atoms in total. The Labute approximate surface area is 63.8 Å². The third-order valence-corrected chi connectivity index (χ3v) is 1.92. The quantitative estimate of drug-likeness (QED) is 0.597. The highest BCUT2D eigenvalue weighted by Crippen LogP contribution is 2.13. The van der Waals surface area contributed by atoms with E-state index in [9.17, 15) is 5.11 Å². The first-order chi connectivity index (χ1) is 4.76. The van der Waals surface area contributed by atoms with Crippen LogP contribution in [0.25, 0.3) is 0 Å². The minimum Gasteiger partial charge on any atom is -0.389 e. The Morgan fingerprint density at radius 2 is 1.80 bits per heavy atom. The highest BCUT2D eigenvalue weighted by molar-refractivity contribution is 4.88. The third-order valence-electron chi connectivity index (χ3n) is 1.92. The highest BCUT2D eigenvalue weighted by atomic mass is 16.3. The van der Waals surface area contributed by atoms with Gasteiger partial charge >= 0.3 is 0 Å². The van der Waals surface area contributed by atoms with Crippen molar-refractivity contribution < 1.29 is 5.11 Å². The molecule has 60 valence electrons. The predicted octanol–water partition coefficient (Wildman–Crippen LogP) is 2.36. The molecule has 0 aromatic heterocycles. The maximum Gasteiger partial charge on any atom is 0.0748 e. The summed E-state index contributed by atoms with van der Waals surface area (Å²) in [5.41, 5.74) is 0. The van der Waals surface area contributed by atoms with Crippen LogP contribution in [0, 0.1) is 5.92 Å². The van der Waals surface area contributed by atoms with Crippen molar-refractivity contribution in [3.05, 3.63) is 12.2 Å². The van der Waals surface area contributed by atoms with Gasteiger partial charge in [0.25, 0.3) is 0 Å². The van der Waals surface area contributed by atoms with Gasteiger partial charge in [0, 0.05) is 0 Å². The molecule has 1 unspecified atom stereocenters. The van der Waals surface area contributed by atoms with Crippen molar-refractivity contribution in [2.24, 2.45) is 5.92 Å². The lowest BCUT2D eigenvalue weighted by Crippen LogP contribution is -2.15. The van der Waals surface area contributed by atoms with Crippen molar-refractivity contribution >= 4 is 0 Å². The van der Waals surface area contributed by atoms with E-state index in [1.807, 2.05) is 19.1 Å². The van der Waals surface area contributed by atoms with E-state index in [-0.39, 0.29) is 6.10 Å². The fourth-order valence-corrected chi connectivity index (χ4v) is 1.13. The number of rotatable bonds is 4. The van der Waals surface area contributed by atoms with Gasteiger partial charge in [0.2, 0.25) is 0 Å². The number of aliphatic hydroxyl groups excluding tert-OH is 1. The molecule has 0 aliphatic carbocycles. The van der Waals surface area contributed by atoms with Crippen LogP contribution in [0.1, 0.15) is 33.6 Å². The Morgan fingerprint density at radius 1 is 1.30 bits per heavy atom. The van der Waals surface area contributed by atoms with Crippen LogP contribution in [0.15, 0.2) is 12.2 Å². The summed E-state index contributed by atoms with van der Waals surface area (Å²) < 4.78 is 0. The molecule has 0 aromatic carbocycles. The van der Waals surface area contributed by atoms with Gasteiger partial charge in [0.1, 0.15) is 0 Å². The van der Waals surface area contributed by atoms with Crippen LogP contribution in [0.3, 0.4) is 0 Å². The molecule has 0 fully saturated rings. The second-order valence-corrected chi connectivity index (χ2v) is 2.59. The topological polar surface area (TPSA) is 20.2 Å².